The Morgan fingerprint density at radius 1 is 1.11 bits per heavy atom. The molecule has 2 aromatic carbocycles. The van der Waals surface area contributed by atoms with E-state index in [9.17, 15) is 4.79 Å². The van der Waals surface area contributed by atoms with E-state index in [0.717, 1.165) is 24.2 Å². The van der Waals surface area contributed by atoms with Crippen LogP contribution in [0.2, 0.25) is 0 Å². The number of carbonyl (C=O) groups is 1. The van der Waals surface area contributed by atoms with Gasteiger partial charge in [0.15, 0.2) is 0 Å². The van der Waals surface area contributed by atoms with Gasteiger partial charge in [-0.3, -0.25) is 0 Å². The molecule has 96 valence electrons. The fourth-order valence-electron chi connectivity index (χ4n) is 2.24. The molecule has 1 aliphatic heterocycles. The summed E-state index contributed by atoms with van der Waals surface area (Å²) >= 11 is 0. The lowest BCUT2D eigenvalue weighted by Crippen LogP contribution is -2.05. The molecule has 0 aliphatic carbocycles. The second kappa shape index (κ2) is 5.14. The lowest BCUT2D eigenvalue weighted by molar-refractivity contribution is 0.0535. The minimum absolute atomic E-state index is 0.217. The van der Waals surface area contributed by atoms with E-state index in [1.54, 1.807) is 0 Å². The van der Waals surface area contributed by atoms with Crippen LogP contribution < -0.4 is 5.32 Å². The molecule has 3 heteroatoms. The zero-order chi connectivity index (χ0) is 13.1. The Labute approximate surface area is 112 Å². The molecule has 0 saturated heterocycles. The smallest absolute Gasteiger partial charge is 0.338 e. The lowest BCUT2D eigenvalue weighted by Gasteiger charge is -2.07. The van der Waals surface area contributed by atoms with Crippen LogP contribution in [0.1, 0.15) is 21.5 Å². The molecule has 0 fully saturated rings. The molecule has 1 aliphatic rings. The van der Waals surface area contributed by atoms with Crippen LogP contribution in [0.15, 0.2) is 48.5 Å². The molecule has 0 amide bonds. The molecule has 0 aromatic heterocycles. The first-order valence-electron chi connectivity index (χ1n) is 6.41. The van der Waals surface area contributed by atoms with Gasteiger partial charge in [-0.1, -0.05) is 30.3 Å². The van der Waals surface area contributed by atoms with Gasteiger partial charge in [-0.25, -0.2) is 4.79 Å². The largest absolute Gasteiger partial charge is 0.457 e. The fraction of sp³-hybridized carbons (Fsp3) is 0.188. The van der Waals surface area contributed by atoms with Crippen molar-refractivity contribution in [3.8, 4) is 0 Å². The predicted molar refractivity (Wildman–Crippen MR) is 74.2 cm³/mol. The summed E-state index contributed by atoms with van der Waals surface area (Å²) in [4.78, 5) is 11.3. The first-order chi connectivity index (χ1) is 9.33. The van der Waals surface area contributed by atoms with Crippen molar-refractivity contribution in [1.29, 1.82) is 0 Å². The molecule has 0 atom stereocenters. The van der Waals surface area contributed by atoms with Gasteiger partial charge in [0.1, 0.15) is 6.61 Å². The van der Waals surface area contributed by atoms with Crippen LogP contribution in [0.4, 0.5) is 5.69 Å². The fourth-order valence-corrected chi connectivity index (χ4v) is 2.24. The van der Waals surface area contributed by atoms with E-state index in [1.165, 1.54) is 5.56 Å². The van der Waals surface area contributed by atoms with E-state index >= 15 is 0 Å². The van der Waals surface area contributed by atoms with Crippen molar-refractivity contribution in [2.24, 2.45) is 0 Å². The molecule has 0 radical (unpaired) electrons. The third-order valence-electron chi connectivity index (χ3n) is 3.27. The Morgan fingerprint density at radius 2 is 1.95 bits per heavy atom. The molecule has 0 unspecified atom stereocenters. The van der Waals surface area contributed by atoms with Crippen LogP contribution in [-0.4, -0.2) is 12.5 Å². The van der Waals surface area contributed by atoms with Gasteiger partial charge in [0.05, 0.1) is 5.56 Å². The van der Waals surface area contributed by atoms with Gasteiger partial charge < -0.3 is 10.1 Å². The Balaban J connectivity index is 1.61. The number of ether oxygens (including phenoxy) is 1. The molecule has 0 bridgehead atoms. The number of hydrogen-bond donors (Lipinski definition) is 1. The second-order valence-corrected chi connectivity index (χ2v) is 4.61. The van der Waals surface area contributed by atoms with E-state index in [-0.39, 0.29) is 5.97 Å². The molecular weight excluding hydrogens is 238 g/mol. The summed E-state index contributed by atoms with van der Waals surface area (Å²) in [7, 11) is 0. The minimum atomic E-state index is -0.217. The van der Waals surface area contributed by atoms with Crippen LogP contribution in [0.5, 0.6) is 0 Å². The topological polar surface area (TPSA) is 38.3 Å². The molecule has 1 heterocycles. The molecular formula is C16H15NO2. The molecule has 0 spiro atoms. The van der Waals surface area contributed by atoms with Crippen molar-refractivity contribution in [1.82, 2.24) is 0 Å². The Bertz CT molecular complexity index is 593. The Kier molecular flexibility index (Phi) is 3.19. The lowest BCUT2D eigenvalue weighted by atomic mass is 10.1. The molecule has 0 saturated carbocycles. The summed E-state index contributed by atoms with van der Waals surface area (Å²) in [5, 5.41) is 3.37. The third-order valence-corrected chi connectivity index (χ3v) is 3.27. The average molecular weight is 253 g/mol. The van der Waals surface area contributed by atoms with Crippen molar-refractivity contribution in [3.63, 3.8) is 0 Å². The van der Waals surface area contributed by atoms with Gasteiger partial charge in [-0.15, -0.1) is 0 Å². The summed E-state index contributed by atoms with van der Waals surface area (Å²) in [6.07, 6.45) is 0.980. The zero-order valence-electron chi connectivity index (χ0n) is 10.6. The number of anilines is 1. The maximum Gasteiger partial charge on any atom is 0.338 e. The molecule has 2 aromatic rings. The highest BCUT2D eigenvalue weighted by molar-refractivity contribution is 5.93. The molecule has 3 rings (SSSR count). The Hall–Kier alpha value is -2.29. The van der Waals surface area contributed by atoms with Gasteiger partial charge in [0.2, 0.25) is 0 Å². The summed E-state index contributed by atoms with van der Waals surface area (Å²) in [6.45, 7) is 1.26. The number of cyclic esters (lactones) is 1. The number of benzene rings is 2. The first kappa shape index (κ1) is 11.8. The number of rotatable bonds is 4. The standard InChI is InChI=1S/C16H15NO2/c18-16-15-7-6-14(10-13(15)11-19-16)17-9-8-12-4-2-1-3-5-12/h1-7,10,17H,8-9,11H2. The predicted octanol–water partition coefficient (Wildman–Crippen LogP) is 3.01. The van der Waals surface area contributed by atoms with Gasteiger partial charge in [-0.05, 0) is 30.2 Å². The van der Waals surface area contributed by atoms with Crippen LogP contribution in [-0.2, 0) is 17.8 Å². The van der Waals surface area contributed by atoms with Gasteiger partial charge in [0, 0.05) is 17.8 Å². The highest BCUT2D eigenvalue weighted by Crippen LogP contribution is 2.23. The van der Waals surface area contributed by atoms with Crippen molar-refractivity contribution in [3.05, 3.63) is 65.2 Å². The second-order valence-electron chi connectivity index (χ2n) is 4.61. The average Bonchev–Trinajstić information content (AvgIpc) is 2.81. The van der Waals surface area contributed by atoms with Crippen molar-refractivity contribution in [2.45, 2.75) is 13.0 Å². The van der Waals surface area contributed by atoms with Crippen LogP contribution in [0, 0.1) is 0 Å². The molecule has 3 nitrogen and oxygen atoms in total. The van der Waals surface area contributed by atoms with Crippen LogP contribution in [0.3, 0.4) is 0 Å². The van der Waals surface area contributed by atoms with Gasteiger partial charge >= 0.3 is 5.97 Å². The van der Waals surface area contributed by atoms with Crippen molar-refractivity contribution < 1.29 is 9.53 Å². The molecule has 19 heavy (non-hydrogen) atoms. The Morgan fingerprint density at radius 3 is 2.79 bits per heavy atom. The van der Waals surface area contributed by atoms with Gasteiger partial charge in [-0.2, -0.15) is 0 Å². The zero-order valence-corrected chi connectivity index (χ0v) is 10.6. The highest BCUT2D eigenvalue weighted by atomic mass is 16.5. The number of esters is 1. The number of carbonyl (C=O) groups excluding carboxylic acids is 1. The monoisotopic (exact) mass is 253 g/mol. The van der Waals surface area contributed by atoms with Crippen LogP contribution >= 0.6 is 0 Å². The first-order valence-corrected chi connectivity index (χ1v) is 6.41. The van der Waals surface area contributed by atoms with Gasteiger partial charge in [0.25, 0.3) is 0 Å². The van der Waals surface area contributed by atoms with Crippen molar-refractivity contribution in [2.75, 3.05) is 11.9 Å². The number of fused-ring (bicyclic) bond motifs is 1. The maximum atomic E-state index is 11.3. The summed E-state index contributed by atoms with van der Waals surface area (Å²) in [6, 6.07) is 16.1. The SMILES string of the molecule is O=C1OCc2cc(NCCc3ccccc3)ccc21. The van der Waals surface area contributed by atoms with E-state index in [2.05, 4.69) is 17.4 Å². The van der Waals surface area contributed by atoms with E-state index in [4.69, 9.17) is 4.74 Å². The minimum Gasteiger partial charge on any atom is -0.457 e. The van der Waals surface area contributed by atoms with E-state index < -0.39 is 0 Å². The van der Waals surface area contributed by atoms with Crippen LogP contribution in [0.25, 0.3) is 0 Å². The maximum absolute atomic E-state index is 11.3. The summed E-state index contributed by atoms with van der Waals surface area (Å²) in [5.74, 6) is -0.217. The summed E-state index contributed by atoms with van der Waals surface area (Å²) < 4.78 is 4.99. The van der Waals surface area contributed by atoms with E-state index in [1.807, 2.05) is 36.4 Å². The normalized spacial score (nSPS) is 12.9. The van der Waals surface area contributed by atoms with E-state index in [0.29, 0.717) is 12.2 Å². The quantitative estimate of drug-likeness (QED) is 0.851. The number of hydrogen-bond acceptors (Lipinski definition) is 3. The summed E-state index contributed by atoms with van der Waals surface area (Å²) in [5.41, 5.74) is 4.01. The molecule has 1 N–H and O–H groups in total. The number of nitrogens with one attached hydrogen (secondary N) is 1. The highest BCUT2D eigenvalue weighted by Gasteiger charge is 2.20. The third kappa shape index (κ3) is 2.60. The van der Waals surface area contributed by atoms with Crippen molar-refractivity contribution >= 4 is 11.7 Å².